The molecule has 7 heteroatoms. The summed E-state index contributed by atoms with van der Waals surface area (Å²) in [5.41, 5.74) is 0.807. The van der Waals surface area contributed by atoms with Crippen molar-refractivity contribution in [1.82, 2.24) is 15.3 Å². The third-order valence-corrected chi connectivity index (χ3v) is 5.87. The van der Waals surface area contributed by atoms with E-state index in [0.717, 1.165) is 30.8 Å². The molecule has 1 rings (SSSR count). The first kappa shape index (κ1) is 17.5. The summed E-state index contributed by atoms with van der Waals surface area (Å²) in [4.78, 5) is 7.45. The minimum atomic E-state index is -3.10. The molecule has 0 unspecified atom stereocenters. The van der Waals surface area contributed by atoms with Crippen molar-refractivity contribution in [2.75, 3.05) is 12.8 Å². The molecular formula is C13H24ClN3O2S. The average molecular weight is 322 g/mol. The molecule has 1 heterocycles. The Morgan fingerprint density at radius 3 is 2.60 bits per heavy atom. The second kappa shape index (κ2) is 6.91. The standard InChI is InChI=1S/C13H24ClN3O2S/c1-5-6-7-11-16-10(12(14)17-11)8-15-9-13(2,3)20(4,18)19/h15H,5-9H2,1-4H3,(H,16,17). The van der Waals surface area contributed by atoms with E-state index in [-0.39, 0.29) is 0 Å². The fraction of sp³-hybridized carbons (Fsp3) is 0.769. The molecule has 1 aromatic heterocycles. The smallest absolute Gasteiger partial charge is 0.153 e. The fourth-order valence-corrected chi connectivity index (χ4v) is 2.22. The Hall–Kier alpha value is -0.590. The number of nitrogens with zero attached hydrogens (tertiary/aromatic N) is 1. The van der Waals surface area contributed by atoms with Crippen LogP contribution in [0.25, 0.3) is 0 Å². The van der Waals surface area contributed by atoms with Gasteiger partial charge in [0.1, 0.15) is 5.82 Å². The molecule has 2 N–H and O–H groups in total. The number of hydrogen-bond acceptors (Lipinski definition) is 4. The van der Waals surface area contributed by atoms with Crippen molar-refractivity contribution in [1.29, 1.82) is 0 Å². The molecule has 0 radical (unpaired) electrons. The molecule has 0 bridgehead atoms. The summed E-state index contributed by atoms with van der Waals surface area (Å²) in [5, 5.41) is 3.58. The first-order chi connectivity index (χ1) is 9.17. The van der Waals surface area contributed by atoms with Crippen LogP contribution in [0.5, 0.6) is 0 Å². The van der Waals surface area contributed by atoms with Gasteiger partial charge in [-0.2, -0.15) is 0 Å². The second-order valence-electron chi connectivity index (χ2n) is 5.69. The predicted molar refractivity (Wildman–Crippen MR) is 82.8 cm³/mol. The predicted octanol–water partition coefficient (Wildman–Crippen LogP) is 2.32. The number of sulfone groups is 1. The molecule has 0 aromatic carbocycles. The zero-order valence-corrected chi connectivity index (χ0v) is 14.2. The van der Waals surface area contributed by atoms with Crippen LogP contribution in [0.2, 0.25) is 5.15 Å². The summed E-state index contributed by atoms with van der Waals surface area (Å²) in [6.45, 7) is 6.38. The molecule has 1 aromatic rings. The molecule has 0 aliphatic heterocycles. The lowest BCUT2D eigenvalue weighted by Crippen LogP contribution is -2.41. The van der Waals surface area contributed by atoms with Gasteiger partial charge < -0.3 is 10.3 Å². The van der Waals surface area contributed by atoms with Crippen molar-refractivity contribution in [3.8, 4) is 0 Å². The maximum atomic E-state index is 11.6. The Balaban J connectivity index is 2.56. The van der Waals surface area contributed by atoms with Gasteiger partial charge in [0.15, 0.2) is 15.0 Å². The molecule has 0 saturated carbocycles. The van der Waals surface area contributed by atoms with Crippen LogP contribution in [0, 0.1) is 0 Å². The topological polar surface area (TPSA) is 74.8 Å². The Kier molecular flexibility index (Phi) is 6.04. The van der Waals surface area contributed by atoms with E-state index < -0.39 is 14.6 Å². The lowest BCUT2D eigenvalue weighted by molar-refractivity contribution is 0.520. The largest absolute Gasteiger partial charge is 0.344 e. The molecule has 0 fully saturated rings. The number of unbranched alkanes of at least 4 members (excludes halogenated alkanes) is 1. The van der Waals surface area contributed by atoms with Gasteiger partial charge in [-0.05, 0) is 20.3 Å². The maximum Gasteiger partial charge on any atom is 0.153 e. The van der Waals surface area contributed by atoms with E-state index in [1.54, 1.807) is 13.8 Å². The van der Waals surface area contributed by atoms with Gasteiger partial charge in [-0.1, -0.05) is 24.9 Å². The number of hydrogen-bond donors (Lipinski definition) is 2. The SMILES string of the molecule is CCCCc1nc(Cl)c(CNCC(C)(C)S(C)(=O)=O)[nH]1. The summed E-state index contributed by atoms with van der Waals surface area (Å²) in [6, 6.07) is 0. The summed E-state index contributed by atoms with van der Waals surface area (Å²) >= 11 is 6.06. The lowest BCUT2D eigenvalue weighted by Gasteiger charge is -2.22. The summed E-state index contributed by atoms with van der Waals surface area (Å²) in [6.07, 6.45) is 4.30. The number of halogens is 1. The highest BCUT2D eigenvalue weighted by atomic mass is 35.5. The number of imidazole rings is 1. The van der Waals surface area contributed by atoms with Gasteiger partial charge in [0.05, 0.1) is 10.4 Å². The summed E-state index contributed by atoms with van der Waals surface area (Å²) in [7, 11) is -3.10. The molecule has 0 amide bonds. The zero-order chi connectivity index (χ0) is 15.4. The average Bonchev–Trinajstić information content (AvgIpc) is 2.66. The zero-order valence-electron chi connectivity index (χ0n) is 12.6. The first-order valence-electron chi connectivity index (χ1n) is 6.81. The number of aromatic nitrogens is 2. The highest BCUT2D eigenvalue weighted by Crippen LogP contribution is 2.16. The summed E-state index contributed by atoms with van der Waals surface area (Å²) in [5.74, 6) is 0.885. The molecule has 0 aliphatic carbocycles. The third kappa shape index (κ3) is 4.75. The molecule has 0 aliphatic rings. The molecule has 5 nitrogen and oxygen atoms in total. The summed E-state index contributed by atoms with van der Waals surface area (Å²) < 4.78 is 22.4. The van der Waals surface area contributed by atoms with Crippen LogP contribution in [-0.4, -0.2) is 35.9 Å². The minimum absolute atomic E-state index is 0.367. The van der Waals surface area contributed by atoms with Crippen molar-refractivity contribution >= 4 is 21.4 Å². The number of H-pyrrole nitrogens is 1. The maximum absolute atomic E-state index is 11.6. The number of rotatable bonds is 8. The quantitative estimate of drug-likeness (QED) is 0.770. The number of nitrogens with one attached hydrogen (secondary N) is 2. The van der Waals surface area contributed by atoms with Crippen molar-refractivity contribution in [2.24, 2.45) is 0 Å². The fourth-order valence-electron chi connectivity index (χ4n) is 1.64. The Bertz CT molecular complexity index is 538. The molecule has 116 valence electrons. The van der Waals surface area contributed by atoms with Crippen LogP contribution in [0.3, 0.4) is 0 Å². The van der Waals surface area contributed by atoms with E-state index >= 15 is 0 Å². The van der Waals surface area contributed by atoms with Crippen LogP contribution < -0.4 is 5.32 Å². The highest BCUT2D eigenvalue weighted by molar-refractivity contribution is 7.92. The molecular weight excluding hydrogens is 298 g/mol. The Labute approximate surface area is 126 Å². The Morgan fingerprint density at radius 1 is 1.40 bits per heavy atom. The van der Waals surface area contributed by atoms with Gasteiger partial charge >= 0.3 is 0 Å². The number of aryl methyl sites for hydroxylation is 1. The van der Waals surface area contributed by atoms with Gasteiger partial charge in [0, 0.05) is 25.8 Å². The van der Waals surface area contributed by atoms with Gasteiger partial charge in [-0.15, -0.1) is 0 Å². The monoisotopic (exact) mass is 321 g/mol. The van der Waals surface area contributed by atoms with E-state index in [1.807, 2.05) is 0 Å². The minimum Gasteiger partial charge on any atom is -0.344 e. The van der Waals surface area contributed by atoms with E-state index in [4.69, 9.17) is 11.6 Å². The van der Waals surface area contributed by atoms with Crippen LogP contribution in [0.4, 0.5) is 0 Å². The van der Waals surface area contributed by atoms with Gasteiger partial charge in [-0.25, -0.2) is 13.4 Å². The lowest BCUT2D eigenvalue weighted by atomic mass is 10.2. The third-order valence-electron chi connectivity index (χ3n) is 3.40. The van der Waals surface area contributed by atoms with Crippen molar-refractivity contribution in [2.45, 2.75) is 51.3 Å². The van der Waals surface area contributed by atoms with Crippen molar-refractivity contribution < 1.29 is 8.42 Å². The van der Waals surface area contributed by atoms with Gasteiger partial charge in [0.25, 0.3) is 0 Å². The normalized spacial score (nSPS) is 12.8. The van der Waals surface area contributed by atoms with Gasteiger partial charge in [-0.3, -0.25) is 0 Å². The van der Waals surface area contributed by atoms with E-state index in [0.29, 0.717) is 18.2 Å². The van der Waals surface area contributed by atoms with E-state index in [2.05, 4.69) is 22.2 Å². The van der Waals surface area contributed by atoms with Gasteiger partial charge in [0.2, 0.25) is 0 Å². The molecule has 0 spiro atoms. The molecule has 0 atom stereocenters. The van der Waals surface area contributed by atoms with Crippen LogP contribution >= 0.6 is 11.6 Å². The van der Waals surface area contributed by atoms with E-state index in [1.165, 1.54) is 6.26 Å². The first-order valence-corrected chi connectivity index (χ1v) is 9.08. The van der Waals surface area contributed by atoms with Crippen molar-refractivity contribution in [3.05, 3.63) is 16.7 Å². The second-order valence-corrected chi connectivity index (χ2v) is 8.70. The molecule has 20 heavy (non-hydrogen) atoms. The highest BCUT2D eigenvalue weighted by Gasteiger charge is 2.29. The van der Waals surface area contributed by atoms with Crippen LogP contribution in [0.15, 0.2) is 0 Å². The van der Waals surface area contributed by atoms with E-state index in [9.17, 15) is 8.42 Å². The van der Waals surface area contributed by atoms with Crippen LogP contribution in [0.1, 0.15) is 45.1 Å². The molecule has 0 saturated heterocycles. The number of aromatic amines is 1. The van der Waals surface area contributed by atoms with Crippen LogP contribution in [-0.2, 0) is 22.8 Å². The van der Waals surface area contributed by atoms with Crippen molar-refractivity contribution in [3.63, 3.8) is 0 Å². The Morgan fingerprint density at radius 2 is 2.05 bits per heavy atom.